The zero-order valence-electron chi connectivity index (χ0n) is 9.98. The van der Waals surface area contributed by atoms with Gasteiger partial charge in [0, 0.05) is 25.0 Å². The smallest absolute Gasteiger partial charge is 0.303 e. The molecule has 16 heavy (non-hydrogen) atoms. The van der Waals surface area contributed by atoms with E-state index in [1.54, 1.807) is 0 Å². The highest BCUT2D eigenvalue weighted by Crippen LogP contribution is 2.27. The Morgan fingerprint density at radius 1 is 1.50 bits per heavy atom. The molecule has 0 amide bonds. The van der Waals surface area contributed by atoms with Crippen molar-refractivity contribution in [3.05, 3.63) is 0 Å². The maximum absolute atomic E-state index is 10.5. The topological polar surface area (TPSA) is 52.6 Å². The summed E-state index contributed by atoms with van der Waals surface area (Å²) in [6, 6.07) is 0.910. The largest absolute Gasteiger partial charge is 0.481 e. The van der Waals surface area contributed by atoms with Gasteiger partial charge in [0.25, 0.3) is 0 Å². The van der Waals surface area contributed by atoms with Crippen molar-refractivity contribution in [3.63, 3.8) is 0 Å². The quantitative estimate of drug-likeness (QED) is 0.732. The number of carboxylic acids is 1. The molecule has 2 bridgehead atoms. The molecule has 0 aliphatic carbocycles. The molecule has 2 N–H and O–H groups in total. The predicted molar refractivity (Wildman–Crippen MR) is 62.4 cm³/mol. The number of aliphatic carboxylic acids is 1. The van der Waals surface area contributed by atoms with Crippen molar-refractivity contribution >= 4 is 5.97 Å². The number of rotatable bonds is 5. The van der Waals surface area contributed by atoms with Crippen LogP contribution in [0.5, 0.6) is 0 Å². The summed E-state index contributed by atoms with van der Waals surface area (Å²) in [6.45, 7) is 5.77. The van der Waals surface area contributed by atoms with Gasteiger partial charge in [0.2, 0.25) is 0 Å². The van der Waals surface area contributed by atoms with E-state index in [2.05, 4.69) is 17.1 Å². The minimum absolute atomic E-state index is 0.273. The van der Waals surface area contributed by atoms with Gasteiger partial charge in [-0.3, -0.25) is 4.79 Å². The molecule has 2 unspecified atom stereocenters. The normalized spacial score (nSPS) is 34.9. The molecule has 0 aromatic carbocycles. The van der Waals surface area contributed by atoms with Crippen LogP contribution in [0.1, 0.15) is 32.6 Å². The van der Waals surface area contributed by atoms with Crippen LogP contribution in [0.2, 0.25) is 0 Å². The van der Waals surface area contributed by atoms with Crippen molar-refractivity contribution in [3.8, 4) is 0 Å². The highest BCUT2D eigenvalue weighted by atomic mass is 16.4. The molecule has 4 nitrogen and oxygen atoms in total. The minimum atomic E-state index is -0.692. The molecule has 3 aliphatic heterocycles. The third-order valence-corrected chi connectivity index (χ3v) is 3.95. The lowest BCUT2D eigenvalue weighted by Crippen LogP contribution is -2.57. The van der Waals surface area contributed by atoms with Crippen LogP contribution in [-0.4, -0.2) is 47.7 Å². The maximum Gasteiger partial charge on any atom is 0.303 e. The lowest BCUT2D eigenvalue weighted by atomic mass is 9.83. The third kappa shape index (κ3) is 2.95. The molecule has 0 radical (unpaired) electrons. The van der Waals surface area contributed by atoms with E-state index in [1.807, 2.05) is 0 Å². The number of nitrogens with one attached hydrogen (secondary N) is 1. The fourth-order valence-electron chi connectivity index (χ4n) is 2.94. The van der Waals surface area contributed by atoms with Gasteiger partial charge >= 0.3 is 5.97 Å². The van der Waals surface area contributed by atoms with E-state index in [-0.39, 0.29) is 6.42 Å². The molecule has 0 saturated carbocycles. The van der Waals surface area contributed by atoms with Gasteiger partial charge in [0.15, 0.2) is 0 Å². The average molecular weight is 226 g/mol. The highest BCUT2D eigenvalue weighted by molar-refractivity contribution is 5.66. The summed E-state index contributed by atoms with van der Waals surface area (Å²) in [4.78, 5) is 13.0. The van der Waals surface area contributed by atoms with E-state index in [1.165, 1.54) is 25.9 Å². The number of nitrogens with zero attached hydrogens (tertiary/aromatic N) is 1. The number of carbonyl (C=O) groups is 1. The van der Waals surface area contributed by atoms with Gasteiger partial charge in [0.1, 0.15) is 0 Å². The molecule has 3 heterocycles. The van der Waals surface area contributed by atoms with Crippen molar-refractivity contribution in [2.75, 3.05) is 19.6 Å². The summed E-state index contributed by atoms with van der Waals surface area (Å²) in [5.41, 5.74) is 0. The zero-order valence-corrected chi connectivity index (χ0v) is 9.98. The van der Waals surface area contributed by atoms with Gasteiger partial charge in [-0.1, -0.05) is 0 Å². The van der Waals surface area contributed by atoms with Crippen LogP contribution in [0, 0.1) is 5.92 Å². The number of fused-ring (bicyclic) bond motifs is 3. The van der Waals surface area contributed by atoms with Gasteiger partial charge in [-0.15, -0.1) is 0 Å². The van der Waals surface area contributed by atoms with Crippen LogP contribution in [0.4, 0.5) is 0 Å². The third-order valence-electron chi connectivity index (χ3n) is 3.95. The number of piperidine rings is 3. The molecule has 0 aromatic rings. The SMILES string of the molecule is CC(CCC(=O)O)NC1CN2CCC1CC2. The van der Waals surface area contributed by atoms with E-state index >= 15 is 0 Å². The maximum atomic E-state index is 10.5. The Balaban J connectivity index is 1.74. The molecule has 92 valence electrons. The zero-order chi connectivity index (χ0) is 11.5. The van der Waals surface area contributed by atoms with E-state index in [4.69, 9.17) is 5.11 Å². The van der Waals surface area contributed by atoms with Crippen molar-refractivity contribution < 1.29 is 9.90 Å². The van der Waals surface area contributed by atoms with Crippen LogP contribution in [0.15, 0.2) is 0 Å². The molecule has 3 fully saturated rings. The molecule has 3 aliphatic rings. The second-order valence-electron chi connectivity index (χ2n) is 5.24. The molecule has 3 rings (SSSR count). The van der Waals surface area contributed by atoms with Crippen LogP contribution in [-0.2, 0) is 4.79 Å². The van der Waals surface area contributed by atoms with Crippen LogP contribution < -0.4 is 5.32 Å². The van der Waals surface area contributed by atoms with E-state index in [0.717, 1.165) is 18.9 Å². The van der Waals surface area contributed by atoms with Gasteiger partial charge in [-0.05, 0) is 45.2 Å². The minimum Gasteiger partial charge on any atom is -0.481 e. The van der Waals surface area contributed by atoms with Gasteiger partial charge < -0.3 is 15.3 Å². The van der Waals surface area contributed by atoms with Crippen LogP contribution in [0.25, 0.3) is 0 Å². The Kier molecular flexibility index (Phi) is 3.82. The van der Waals surface area contributed by atoms with Crippen LogP contribution in [0.3, 0.4) is 0 Å². The lowest BCUT2D eigenvalue weighted by molar-refractivity contribution is -0.137. The Morgan fingerprint density at radius 2 is 2.19 bits per heavy atom. The Hall–Kier alpha value is -0.610. The fraction of sp³-hybridized carbons (Fsp3) is 0.917. The Labute approximate surface area is 97.0 Å². The highest BCUT2D eigenvalue weighted by Gasteiger charge is 2.34. The second kappa shape index (κ2) is 5.15. The molecule has 4 heteroatoms. The first kappa shape index (κ1) is 11.9. The number of carboxylic acid groups (broad SMARTS) is 1. The summed E-state index contributed by atoms with van der Waals surface area (Å²) in [7, 11) is 0. The van der Waals surface area contributed by atoms with Crippen molar-refractivity contribution in [2.24, 2.45) is 5.92 Å². The molecular formula is C12H22N2O2. The van der Waals surface area contributed by atoms with Crippen molar-refractivity contribution in [1.29, 1.82) is 0 Å². The average Bonchev–Trinajstić information content (AvgIpc) is 2.28. The Morgan fingerprint density at radius 3 is 2.69 bits per heavy atom. The first-order chi connectivity index (χ1) is 7.65. The van der Waals surface area contributed by atoms with Crippen molar-refractivity contribution in [2.45, 2.75) is 44.7 Å². The molecule has 2 atom stereocenters. The summed E-state index contributed by atoms with van der Waals surface area (Å²) >= 11 is 0. The van der Waals surface area contributed by atoms with E-state index in [0.29, 0.717) is 12.1 Å². The first-order valence-corrected chi connectivity index (χ1v) is 6.35. The summed E-state index contributed by atoms with van der Waals surface area (Å²) < 4.78 is 0. The fourth-order valence-corrected chi connectivity index (χ4v) is 2.94. The monoisotopic (exact) mass is 226 g/mol. The standard InChI is InChI=1S/C12H22N2O2/c1-9(2-3-12(15)16)13-11-8-14-6-4-10(11)5-7-14/h9-11,13H,2-8H2,1H3,(H,15,16). The van der Waals surface area contributed by atoms with Gasteiger partial charge in [-0.2, -0.15) is 0 Å². The van der Waals surface area contributed by atoms with E-state index in [9.17, 15) is 4.79 Å². The van der Waals surface area contributed by atoms with Crippen molar-refractivity contribution in [1.82, 2.24) is 10.2 Å². The number of hydrogen-bond donors (Lipinski definition) is 2. The summed E-state index contributed by atoms with van der Waals surface area (Å²) in [5, 5.41) is 12.2. The van der Waals surface area contributed by atoms with E-state index < -0.39 is 5.97 Å². The molecule has 3 saturated heterocycles. The number of hydrogen-bond acceptors (Lipinski definition) is 3. The molecular weight excluding hydrogens is 204 g/mol. The van der Waals surface area contributed by atoms with Crippen LogP contribution >= 0.6 is 0 Å². The van der Waals surface area contributed by atoms with Gasteiger partial charge in [-0.25, -0.2) is 0 Å². The Bertz CT molecular complexity index is 249. The molecule has 0 aromatic heterocycles. The summed E-state index contributed by atoms with van der Waals surface area (Å²) in [6.07, 6.45) is 3.63. The van der Waals surface area contributed by atoms with Gasteiger partial charge in [0.05, 0.1) is 0 Å². The first-order valence-electron chi connectivity index (χ1n) is 6.35. The predicted octanol–water partition coefficient (Wildman–Crippen LogP) is 0.923. The summed E-state index contributed by atoms with van der Waals surface area (Å²) in [5.74, 6) is 0.125. The molecule has 0 spiro atoms. The second-order valence-corrected chi connectivity index (χ2v) is 5.24. The lowest BCUT2D eigenvalue weighted by Gasteiger charge is -2.46.